The van der Waals surface area contributed by atoms with Crippen LogP contribution < -0.4 is 5.32 Å². The van der Waals surface area contributed by atoms with Gasteiger partial charge in [-0.2, -0.15) is 0 Å². The summed E-state index contributed by atoms with van der Waals surface area (Å²) in [5, 5.41) is 5.62. The summed E-state index contributed by atoms with van der Waals surface area (Å²) in [6.07, 6.45) is 2.62. The molecule has 0 unspecified atom stereocenters. The molecule has 0 radical (unpaired) electrons. The molecular weight excluding hydrogens is 258 g/mol. The number of halogens is 2. The summed E-state index contributed by atoms with van der Waals surface area (Å²) in [7, 11) is 0. The third-order valence-corrected chi connectivity index (χ3v) is 3.80. The second-order valence-electron chi connectivity index (χ2n) is 2.82. The fraction of sp³-hybridized carbons (Fsp3) is 0.500. The molecule has 1 N–H and O–H groups in total. The van der Waals surface area contributed by atoms with E-state index in [1.54, 1.807) is 0 Å². The van der Waals surface area contributed by atoms with Crippen LogP contribution in [-0.4, -0.2) is 6.54 Å². The predicted octanol–water partition coefficient (Wildman–Crippen LogP) is 3.36. The van der Waals surface area contributed by atoms with Crippen LogP contribution in [0.1, 0.15) is 23.8 Å². The van der Waals surface area contributed by atoms with Gasteiger partial charge in [-0.3, -0.25) is 0 Å². The van der Waals surface area contributed by atoms with Crippen molar-refractivity contribution < 1.29 is 0 Å². The monoisotopic (exact) mass is 267 g/mol. The van der Waals surface area contributed by atoms with Gasteiger partial charge in [0.05, 0.1) is 0 Å². The lowest BCUT2D eigenvalue weighted by molar-refractivity contribution is 0.659. The fourth-order valence-electron chi connectivity index (χ4n) is 1.44. The van der Waals surface area contributed by atoms with E-state index in [1.165, 1.54) is 28.7 Å². The highest BCUT2D eigenvalue weighted by molar-refractivity contribution is 9.10. The van der Waals surface area contributed by atoms with E-state index in [2.05, 4.69) is 32.7 Å². The Balaban J connectivity index is 0.000000720. The van der Waals surface area contributed by atoms with Crippen molar-refractivity contribution in [2.75, 3.05) is 6.54 Å². The Bertz CT molecular complexity index is 245. The smallest absolute Gasteiger partial charge is 0.0415 e. The maximum atomic E-state index is 3.48. The van der Waals surface area contributed by atoms with E-state index in [4.69, 9.17) is 0 Å². The maximum absolute atomic E-state index is 3.48. The minimum absolute atomic E-state index is 0. The van der Waals surface area contributed by atoms with E-state index < -0.39 is 0 Å². The first kappa shape index (κ1) is 10.5. The molecule has 0 aromatic carbocycles. The largest absolute Gasteiger partial charge is 0.309 e. The molecular formula is C8H11BrClNS. The predicted molar refractivity (Wildman–Crippen MR) is 59.2 cm³/mol. The number of rotatable bonds is 1. The van der Waals surface area contributed by atoms with Gasteiger partial charge in [0, 0.05) is 20.8 Å². The Hall–Kier alpha value is 0.430. The highest BCUT2D eigenvalue weighted by Gasteiger charge is 2.16. The van der Waals surface area contributed by atoms with Gasteiger partial charge in [-0.25, -0.2) is 0 Å². The lowest BCUT2D eigenvalue weighted by Crippen LogP contribution is -2.11. The van der Waals surface area contributed by atoms with Gasteiger partial charge in [0.25, 0.3) is 0 Å². The summed E-state index contributed by atoms with van der Waals surface area (Å²) in [4.78, 5) is 1.47. The van der Waals surface area contributed by atoms with Crippen LogP contribution in [0.2, 0.25) is 0 Å². The first-order chi connectivity index (χ1) is 5.36. The Labute approximate surface area is 91.1 Å². The molecule has 1 aliphatic rings. The molecule has 1 atom stereocenters. The van der Waals surface area contributed by atoms with Gasteiger partial charge in [0.2, 0.25) is 0 Å². The minimum Gasteiger partial charge on any atom is -0.309 e. The molecule has 1 nitrogen and oxygen atoms in total. The van der Waals surface area contributed by atoms with E-state index in [0.29, 0.717) is 6.04 Å². The first-order valence-corrected chi connectivity index (χ1v) is 5.51. The topological polar surface area (TPSA) is 12.0 Å². The van der Waals surface area contributed by atoms with Crippen LogP contribution >= 0.6 is 39.7 Å². The molecule has 1 aromatic heterocycles. The van der Waals surface area contributed by atoms with Crippen LogP contribution in [0.15, 0.2) is 15.9 Å². The molecule has 2 heterocycles. The van der Waals surface area contributed by atoms with E-state index in [1.807, 2.05) is 11.3 Å². The molecule has 68 valence electrons. The van der Waals surface area contributed by atoms with Crippen LogP contribution in [0, 0.1) is 0 Å². The van der Waals surface area contributed by atoms with Crippen molar-refractivity contribution in [3.8, 4) is 0 Å². The second-order valence-corrected chi connectivity index (χ2v) is 4.67. The molecule has 1 aromatic rings. The zero-order valence-electron chi connectivity index (χ0n) is 6.55. The molecule has 0 bridgehead atoms. The van der Waals surface area contributed by atoms with E-state index in [9.17, 15) is 0 Å². The highest BCUT2D eigenvalue weighted by atomic mass is 79.9. The first-order valence-electron chi connectivity index (χ1n) is 3.83. The summed E-state index contributed by atoms with van der Waals surface area (Å²) < 4.78 is 1.21. The standard InChI is InChI=1S/C8H10BrNS.ClH/c9-6-4-8(11-5-6)7-2-1-3-10-7;/h4-5,7,10H,1-3H2;1H/t7-;/m0./s1. The summed E-state index contributed by atoms with van der Waals surface area (Å²) in [5.41, 5.74) is 0. The van der Waals surface area contributed by atoms with Crippen molar-refractivity contribution in [2.45, 2.75) is 18.9 Å². The average molecular weight is 269 g/mol. The highest BCUT2D eigenvalue weighted by Crippen LogP contribution is 2.30. The van der Waals surface area contributed by atoms with Gasteiger partial charge in [0.1, 0.15) is 0 Å². The maximum Gasteiger partial charge on any atom is 0.0415 e. The fourth-order valence-corrected chi connectivity index (χ4v) is 2.99. The normalized spacial score (nSPS) is 22.2. The SMILES string of the molecule is Brc1csc([C@@H]2CCCN2)c1.Cl. The summed E-state index contributed by atoms with van der Waals surface area (Å²) in [6.45, 7) is 1.18. The van der Waals surface area contributed by atoms with Crippen molar-refractivity contribution in [1.82, 2.24) is 5.32 Å². The molecule has 0 amide bonds. The van der Waals surface area contributed by atoms with Crippen molar-refractivity contribution >= 4 is 39.7 Å². The third-order valence-electron chi connectivity index (χ3n) is 1.99. The van der Waals surface area contributed by atoms with E-state index >= 15 is 0 Å². The molecule has 4 heteroatoms. The van der Waals surface area contributed by atoms with Crippen LogP contribution in [-0.2, 0) is 0 Å². The molecule has 12 heavy (non-hydrogen) atoms. The van der Waals surface area contributed by atoms with Crippen molar-refractivity contribution in [3.63, 3.8) is 0 Å². The van der Waals surface area contributed by atoms with Gasteiger partial charge in [-0.05, 0) is 41.4 Å². The average Bonchev–Trinajstić information content (AvgIpc) is 2.55. The quantitative estimate of drug-likeness (QED) is 0.823. The number of hydrogen-bond acceptors (Lipinski definition) is 2. The van der Waals surface area contributed by atoms with E-state index in [-0.39, 0.29) is 12.4 Å². The second kappa shape index (κ2) is 4.61. The van der Waals surface area contributed by atoms with Crippen molar-refractivity contribution in [2.24, 2.45) is 0 Å². The van der Waals surface area contributed by atoms with Crippen molar-refractivity contribution in [1.29, 1.82) is 0 Å². The number of hydrogen-bond donors (Lipinski definition) is 1. The Morgan fingerprint density at radius 3 is 2.92 bits per heavy atom. The summed E-state index contributed by atoms with van der Waals surface area (Å²) >= 11 is 5.30. The zero-order valence-corrected chi connectivity index (χ0v) is 9.77. The Morgan fingerprint density at radius 1 is 1.58 bits per heavy atom. The van der Waals surface area contributed by atoms with Gasteiger partial charge in [-0.1, -0.05) is 0 Å². The summed E-state index contributed by atoms with van der Waals surface area (Å²) in [6, 6.07) is 2.85. The lowest BCUT2D eigenvalue weighted by Gasteiger charge is -2.05. The lowest BCUT2D eigenvalue weighted by atomic mass is 10.2. The molecule has 0 aliphatic carbocycles. The van der Waals surface area contributed by atoms with Crippen LogP contribution in [0.4, 0.5) is 0 Å². The molecule has 1 aliphatic heterocycles. The minimum atomic E-state index is 0. The molecule has 2 rings (SSSR count). The van der Waals surface area contributed by atoms with Crippen LogP contribution in [0.25, 0.3) is 0 Å². The molecule has 0 saturated carbocycles. The zero-order chi connectivity index (χ0) is 7.68. The van der Waals surface area contributed by atoms with Gasteiger partial charge in [-0.15, -0.1) is 23.7 Å². The molecule has 1 saturated heterocycles. The van der Waals surface area contributed by atoms with Crippen LogP contribution in [0.5, 0.6) is 0 Å². The van der Waals surface area contributed by atoms with Crippen LogP contribution in [0.3, 0.4) is 0 Å². The summed E-state index contributed by atoms with van der Waals surface area (Å²) in [5.74, 6) is 0. The molecule has 0 spiro atoms. The Kier molecular flexibility index (Phi) is 4.03. The van der Waals surface area contributed by atoms with Gasteiger partial charge in [0.15, 0.2) is 0 Å². The molecule has 1 fully saturated rings. The van der Waals surface area contributed by atoms with Gasteiger partial charge < -0.3 is 5.32 Å². The van der Waals surface area contributed by atoms with Gasteiger partial charge >= 0.3 is 0 Å². The number of nitrogens with one attached hydrogen (secondary N) is 1. The van der Waals surface area contributed by atoms with Crippen molar-refractivity contribution in [3.05, 3.63) is 20.8 Å². The Morgan fingerprint density at radius 2 is 2.42 bits per heavy atom. The number of thiophene rings is 1. The van der Waals surface area contributed by atoms with E-state index in [0.717, 1.165) is 0 Å². The third kappa shape index (κ3) is 2.22.